The Kier molecular flexibility index (Phi) is 3.71. The van der Waals surface area contributed by atoms with Crippen molar-refractivity contribution >= 4 is 17.5 Å². The van der Waals surface area contributed by atoms with E-state index in [-0.39, 0.29) is 39.1 Å². The fourth-order valence-electron chi connectivity index (χ4n) is 3.04. The summed E-state index contributed by atoms with van der Waals surface area (Å²) in [5, 5.41) is 20.3. The number of rotatable bonds is 2. The van der Waals surface area contributed by atoms with Crippen molar-refractivity contribution in [1.29, 1.82) is 0 Å². The number of phenolic OH excluding ortho intramolecular Hbond substituents is 2. The number of hydrogen-bond acceptors (Lipinski definition) is 7. The quantitative estimate of drug-likeness (QED) is 0.685. The highest BCUT2D eigenvalue weighted by atomic mass is 16.5. The Bertz CT molecular complexity index is 957. The minimum Gasteiger partial charge on any atom is -0.507 e. The predicted octanol–water partition coefficient (Wildman–Crippen LogP) is 1.98. The Morgan fingerprint density at radius 2 is 1.56 bits per heavy atom. The van der Waals surface area contributed by atoms with E-state index in [0.717, 1.165) is 13.2 Å². The number of aromatic hydroxyl groups is 2. The van der Waals surface area contributed by atoms with E-state index in [4.69, 9.17) is 4.74 Å². The molecule has 0 unspecified atom stereocenters. The van der Waals surface area contributed by atoms with Crippen molar-refractivity contribution < 1.29 is 34.1 Å². The third-order valence-corrected chi connectivity index (χ3v) is 4.22. The summed E-state index contributed by atoms with van der Waals surface area (Å²) in [4.78, 5) is 37.5. The average molecular weight is 342 g/mol. The molecule has 0 aliphatic heterocycles. The van der Waals surface area contributed by atoms with E-state index in [1.165, 1.54) is 26.2 Å². The van der Waals surface area contributed by atoms with Crippen molar-refractivity contribution in [2.75, 3.05) is 14.2 Å². The van der Waals surface area contributed by atoms with Gasteiger partial charge in [0.1, 0.15) is 22.8 Å². The topological polar surface area (TPSA) is 110 Å². The van der Waals surface area contributed by atoms with Gasteiger partial charge in [-0.05, 0) is 24.6 Å². The van der Waals surface area contributed by atoms with Crippen LogP contribution < -0.4 is 4.74 Å². The lowest BCUT2D eigenvalue weighted by molar-refractivity contribution is 0.0596. The number of phenols is 2. The molecule has 3 rings (SSSR count). The zero-order valence-electron chi connectivity index (χ0n) is 13.7. The Morgan fingerprint density at radius 1 is 0.920 bits per heavy atom. The highest BCUT2D eigenvalue weighted by Crippen LogP contribution is 2.39. The molecule has 0 heterocycles. The van der Waals surface area contributed by atoms with Crippen LogP contribution in [0.2, 0.25) is 0 Å². The van der Waals surface area contributed by atoms with Crippen molar-refractivity contribution in [3.63, 3.8) is 0 Å². The highest BCUT2D eigenvalue weighted by molar-refractivity contribution is 6.30. The molecule has 7 heteroatoms. The lowest BCUT2D eigenvalue weighted by atomic mass is 9.80. The normalized spacial score (nSPS) is 12.4. The van der Waals surface area contributed by atoms with Crippen LogP contribution in [0.25, 0.3) is 0 Å². The van der Waals surface area contributed by atoms with Gasteiger partial charge in [0.25, 0.3) is 0 Å². The minimum absolute atomic E-state index is 0.0287. The maximum absolute atomic E-state index is 12.9. The molecule has 0 amide bonds. The summed E-state index contributed by atoms with van der Waals surface area (Å²) in [6.45, 7) is 1.43. The third-order valence-electron chi connectivity index (χ3n) is 4.22. The van der Waals surface area contributed by atoms with Gasteiger partial charge in [0, 0.05) is 22.8 Å². The molecule has 7 nitrogen and oxygen atoms in total. The smallest absolute Gasteiger partial charge is 0.341 e. The zero-order valence-corrected chi connectivity index (χ0v) is 13.7. The van der Waals surface area contributed by atoms with Gasteiger partial charge < -0.3 is 19.7 Å². The van der Waals surface area contributed by atoms with E-state index in [0.29, 0.717) is 0 Å². The summed E-state index contributed by atoms with van der Waals surface area (Å²) in [6, 6.07) is 3.64. The second-order valence-electron chi connectivity index (χ2n) is 5.54. The van der Waals surface area contributed by atoms with E-state index in [9.17, 15) is 24.6 Å². The van der Waals surface area contributed by atoms with Crippen LogP contribution in [0.4, 0.5) is 0 Å². The molecule has 1 aliphatic carbocycles. The van der Waals surface area contributed by atoms with Crippen LogP contribution in [0.5, 0.6) is 17.2 Å². The van der Waals surface area contributed by atoms with Crippen LogP contribution in [-0.4, -0.2) is 42.0 Å². The summed E-state index contributed by atoms with van der Waals surface area (Å²) < 4.78 is 9.62. The molecule has 25 heavy (non-hydrogen) atoms. The number of carbonyl (C=O) groups excluding carboxylic acids is 3. The highest BCUT2D eigenvalue weighted by Gasteiger charge is 2.36. The molecule has 0 saturated heterocycles. The maximum atomic E-state index is 12.9. The number of ketones is 2. The number of methoxy groups -OCH3 is 2. The summed E-state index contributed by atoms with van der Waals surface area (Å²) >= 11 is 0. The first-order valence-electron chi connectivity index (χ1n) is 7.27. The van der Waals surface area contributed by atoms with Gasteiger partial charge in [0.2, 0.25) is 0 Å². The lowest BCUT2D eigenvalue weighted by Gasteiger charge is -2.22. The van der Waals surface area contributed by atoms with Gasteiger partial charge >= 0.3 is 5.97 Å². The van der Waals surface area contributed by atoms with Crippen molar-refractivity contribution in [2.45, 2.75) is 6.92 Å². The molecule has 0 saturated carbocycles. The molecule has 1 aliphatic rings. The van der Waals surface area contributed by atoms with E-state index in [1.807, 2.05) is 0 Å². The number of carbonyl (C=O) groups is 3. The van der Waals surface area contributed by atoms with Gasteiger partial charge in [0.15, 0.2) is 11.6 Å². The molecule has 128 valence electrons. The molecule has 2 aromatic carbocycles. The molecule has 2 aromatic rings. The first-order chi connectivity index (χ1) is 11.8. The lowest BCUT2D eigenvalue weighted by Crippen LogP contribution is -2.24. The van der Waals surface area contributed by atoms with Crippen LogP contribution in [0.1, 0.15) is 47.8 Å². The monoisotopic (exact) mass is 342 g/mol. The van der Waals surface area contributed by atoms with E-state index in [1.54, 1.807) is 0 Å². The van der Waals surface area contributed by atoms with Crippen LogP contribution in [0, 0.1) is 6.92 Å². The van der Waals surface area contributed by atoms with Crippen molar-refractivity contribution in [3.8, 4) is 17.2 Å². The Balaban J connectivity index is 2.34. The van der Waals surface area contributed by atoms with Crippen molar-refractivity contribution in [3.05, 3.63) is 51.6 Å². The predicted molar refractivity (Wildman–Crippen MR) is 85.7 cm³/mol. The number of esters is 1. The second kappa shape index (κ2) is 5.62. The first kappa shape index (κ1) is 16.5. The number of hydrogen-bond donors (Lipinski definition) is 2. The molecule has 0 radical (unpaired) electrons. The molecular weight excluding hydrogens is 328 g/mol. The Hall–Kier alpha value is -3.35. The molecule has 0 fully saturated rings. The molecule has 0 aromatic heterocycles. The molecule has 0 bridgehead atoms. The van der Waals surface area contributed by atoms with Crippen LogP contribution >= 0.6 is 0 Å². The standard InChI is InChI=1S/C18H14O7/c1-7-13-10(6-12(20)14(7)18(23)25-3)16(21)9-4-8(24-2)5-11(19)15(9)17(13)22/h4-6,19-20H,1-3H3. The van der Waals surface area contributed by atoms with E-state index in [2.05, 4.69) is 4.74 Å². The summed E-state index contributed by atoms with van der Waals surface area (Å²) in [7, 11) is 2.50. The first-order valence-corrected chi connectivity index (χ1v) is 7.27. The third kappa shape index (κ3) is 2.24. The summed E-state index contributed by atoms with van der Waals surface area (Å²) in [6.07, 6.45) is 0. The molecule has 0 spiro atoms. The number of benzene rings is 2. The van der Waals surface area contributed by atoms with Gasteiger partial charge in [-0.25, -0.2) is 4.79 Å². The fraction of sp³-hybridized carbons (Fsp3) is 0.167. The van der Waals surface area contributed by atoms with Gasteiger partial charge in [-0.3, -0.25) is 9.59 Å². The maximum Gasteiger partial charge on any atom is 0.341 e. The van der Waals surface area contributed by atoms with Crippen molar-refractivity contribution in [2.24, 2.45) is 0 Å². The van der Waals surface area contributed by atoms with E-state index < -0.39 is 29.0 Å². The summed E-state index contributed by atoms with van der Waals surface area (Å²) in [5.41, 5.74) is -0.370. The minimum atomic E-state index is -0.831. The van der Waals surface area contributed by atoms with Crippen LogP contribution in [0.15, 0.2) is 18.2 Å². The van der Waals surface area contributed by atoms with E-state index >= 15 is 0 Å². The van der Waals surface area contributed by atoms with Crippen molar-refractivity contribution in [1.82, 2.24) is 0 Å². The fourth-order valence-corrected chi connectivity index (χ4v) is 3.04. The zero-order chi connectivity index (χ0) is 18.5. The molecule has 0 atom stereocenters. The van der Waals surface area contributed by atoms with Gasteiger partial charge in [0.05, 0.1) is 19.8 Å². The Morgan fingerprint density at radius 3 is 2.16 bits per heavy atom. The molecular formula is C18H14O7. The van der Waals surface area contributed by atoms with Crippen LogP contribution in [-0.2, 0) is 4.74 Å². The summed E-state index contributed by atoms with van der Waals surface area (Å²) in [5.74, 6) is -2.65. The van der Waals surface area contributed by atoms with Crippen LogP contribution in [0.3, 0.4) is 0 Å². The SMILES string of the molecule is COC(=O)c1c(O)cc2c(c1C)C(=O)c1c(O)cc(OC)cc1C2=O. The van der Waals surface area contributed by atoms with Gasteiger partial charge in [-0.2, -0.15) is 0 Å². The van der Waals surface area contributed by atoms with Gasteiger partial charge in [-0.1, -0.05) is 0 Å². The van der Waals surface area contributed by atoms with Gasteiger partial charge in [-0.15, -0.1) is 0 Å². The average Bonchev–Trinajstić information content (AvgIpc) is 2.58. The largest absolute Gasteiger partial charge is 0.507 e. The number of ether oxygens (including phenoxy) is 2. The molecule has 2 N–H and O–H groups in total. The number of fused-ring (bicyclic) bond motifs is 2. The second-order valence-corrected chi connectivity index (χ2v) is 5.54. The Labute approximate surface area is 142 Å².